The van der Waals surface area contributed by atoms with Gasteiger partial charge in [0.15, 0.2) is 4.34 Å². The van der Waals surface area contributed by atoms with Crippen LogP contribution in [0.25, 0.3) is 0 Å². The number of anilines is 1. The first-order valence-corrected chi connectivity index (χ1v) is 11.0. The monoisotopic (exact) mass is 370 g/mol. The number of carbonyl (C=O) groups is 1. The van der Waals surface area contributed by atoms with Gasteiger partial charge in [0.1, 0.15) is 0 Å². The summed E-state index contributed by atoms with van der Waals surface area (Å²) in [7, 11) is 0. The predicted octanol–water partition coefficient (Wildman–Crippen LogP) is 4.46. The van der Waals surface area contributed by atoms with Gasteiger partial charge in [-0.25, -0.2) is 0 Å². The van der Waals surface area contributed by atoms with Crippen LogP contribution in [0.5, 0.6) is 0 Å². The molecule has 1 heterocycles. The third-order valence-corrected chi connectivity index (χ3v) is 6.30. The topological polar surface area (TPSA) is 66.9 Å². The Labute approximate surface area is 153 Å². The third kappa shape index (κ3) is 7.38. The minimum atomic E-state index is 0.0842. The first-order chi connectivity index (χ1) is 11.7. The smallest absolute Gasteiger partial charge is 0.230 e. The minimum absolute atomic E-state index is 0.0842. The van der Waals surface area contributed by atoms with Gasteiger partial charge in [0, 0.05) is 12.1 Å². The van der Waals surface area contributed by atoms with E-state index in [0.717, 1.165) is 15.9 Å². The summed E-state index contributed by atoms with van der Waals surface area (Å²) >= 11 is 3.03. The Hall–Kier alpha value is -0.820. The lowest BCUT2D eigenvalue weighted by molar-refractivity contribution is -0.119. The first kappa shape index (κ1) is 19.5. The van der Waals surface area contributed by atoms with Crippen LogP contribution in [0.2, 0.25) is 0 Å². The molecule has 1 fully saturated rings. The highest BCUT2D eigenvalue weighted by atomic mass is 32.2. The van der Waals surface area contributed by atoms with Gasteiger partial charge in [-0.1, -0.05) is 68.5 Å². The molecule has 1 aliphatic carbocycles. The number of hydrogen-bond acceptors (Lipinski definition) is 6. The molecular formula is C17H30N4OS2. The summed E-state index contributed by atoms with van der Waals surface area (Å²) in [6.45, 7) is 4.27. The molecule has 0 spiro atoms. The summed E-state index contributed by atoms with van der Waals surface area (Å²) in [6.07, 6.45) is 11.1. The molecule has 136 valence electrons. The molecule has 2 N–H and O–H groups in total. The van der Waals surface area contributed by atoms with Crippen LogP contribution in [0.1, 0.15) is 71.6 Å². The summed E-state index contributed by atoms with van der Waals surface area (Å²) in [4.78, 5) is 12.0. The van der Waals surface area contributed by atoms with Gasteiger partial charge >= 0.3 is 0 Å². The predicted molar refractivity (Wildman–Crippen MR) is 103 cm³/mol. The zero-order valence-corrected chi connectivity index (χ0v) is 16.5. The van der Waals surface area contributed by atoms with Gasteiger partial charge in [-0.05, 0) is 26.2 Å². The fourth-order valence-electron chi connectivity index (χ4n) is 2.96. The highest BCUT2D eigenvalue weighted by molar-refractivity contribution is 8.01. The van der Waals surface area contributed by atoms with E-state index in [9.17, 15) is 4.79 Å². The lowest BCUT2D eigenvalue weighted by Gasteiger charge is -2.21. The molecule has 1 aliphatic rings. The molecule has 0 aromatic carbocycles. The van der Waals surface area contributed by atoms with Crippen LogP contribution >= 0.6 is 23.1 Å². The summed E-state index contributed by atoms with van der Waals surface area (Å²) in [5.41, 5.74) is 0. The number of rotatable bonds is 10. The second-order valence-electron chi connectivity index (χ2n) is 6.61. The molecule has 0 radical (unpaired) electrons. The Morgan fingerprint density at radius 2 is 2.08 bits per heavy atom. The summed E-state index contributed by atoms with van der Waals surface area (Å²) in [5, 5.41) is 15.8. The average molecular weight is 371 g/mol. The van der Waals surface area contributed by atoms with Gasteiger partial charge in [-0.2, -0.15) is 0 Å². The van der Waals surface area contributed by atoms with Crippen molar-refractivity contribution < 1.29 is 4.79 Å². The SMILES string of the molecule is CCCCCC(C)NC(=O)CSc1nnc(NC2CCCCC2)s1. The van der Waals surface area contributed by atoms with Crippen LogP contribution in [0, 0.1) is 0 Å². The lowest BCUT2D eigenvalue weighted by atomic mass is 9.96. The second-order valence-corrected chi connectivity index (χ2v) is 8.81. The fourth-order valence-corrected chi connectivity index (χ4v) is 4.60. The summed E-state index contributed by atoms with van der Waals surface area (Å²) in [5.74, 6) is 0.497. The van der Waals surface area contributed by atoms with E-state index in [2.05, 4.69) is 34.7 Å². The molecule has 1 saturated carbocycles. The van der Waals surface area contributed by atoms with Crippen LogP contribution in [0.3, 0.4) is 0 Å². The highest BCUT2D eigenvalue weighted by Gasteiger charge is 2.16. The van der Waals surface area contributed by atoms with E-state index >= 15 is 0 Å². The van der Waals surface area contributed by atoms with Crippen LogP contribution < -0.4 is 10.6 Å². The lowest BCUT2D eigenvalue weighted by Crippen LogP contribution is -2.33. The molecule has 24 heavy (non-hydrogen) atoms. The molecule has 1 aromatic rings. The Kier molecular flexibility index (Phi) is 8.88. The van der Waals surface area contributed by atoms with Crippen molar-refractivity contribution >= 4 is 34.1 Å². The van der Waals surface area contributed by atoms with Gasteiger partial charge in [-0.3, -0.25) is 4.79 Å². The van der Waals surface area contributed by atoms with E-state index in [1.807, 2.05) is 0 Å². The number of thioether (sulfide) groups is 1. The molecule has 1 unspecified atom stereocenters. The number of aromatic nitrogens is 2. The van der Waals surface area contributed by atoms with Gasteiger partial charge in [-0.15, -0.1) is 10.2 Å². The molecule has 5 nitrogen and oxygen atoms in total. The number of nitrogens with one attached hydrogen (secondary N) is 2. The van der Waals surface area contributed by atoms with Crippen molar-refractivity contribution in [1.29, 1.82) is 0 Å². The van der Waals surface area contributed by atoms with Crippen molar-refractivity contribution in [1.82, 2.24) is 15.5 Å². The van der Waals surface area contributed by atoms with E-state index < -0.39 is 0 Å². The third-order valence-electron chi connectivity index (χ3n) is 4.31. The molecule has 1 amide bonds. The van der Waals surface area contributed by atoms with Crippen molar-refractivity contribution in [3.05, 3.63) is 0 Å². The molecular weight excluding hydrogens is 340 g/mol. The Bertz CT molecular complexity index is 489. The minimum Gasteiger partial charge on any atom is -0.357 e. The van der Waals surface area contributed by atoms with Crippen LogP contribution in [-0.4, -0.2) is 33.9 Å². The summed E-state index contributed by atoms with van der Waals surface area (Å²) < 4.78 is 0.863. The van der Waals surface area contributed by atoms with Crippen molar-refractivity contribution in [3.8, 4) is 0 Å². The normalized spacial score (nSPS) is 16.8. The number of unbranched alkanes of at least 4 members (excludes halogenated alkanes) is 2. The first-order valence-electron chi connectivity index (χ1n) is 9.19. The van der Waals surface area contributed by atoms with E-state index in [0.29, 0.717) is 11.8 Å². The molecule has 0 bridgehead atoms. The molecule has 1 aromatic heterocycles. The number of amides is 1. The quantitative estimate of drug-likeness (QED) is 0.470. The van der Waals surface area contributed by atoms with Crippen molar-refractivity contribution in [2.75, 3.05) is 11.1 Å². The largest absolute Gasteiger partial charge is 0.357 e. The molecule has 2 rings (SSSR count). The Morgan fingerprint density at radius 3 is 2.83 bits per heavy atom. The van der Waals surface area contributed by atoms with Gasteiger partial charge in [0.25, 0.3) is 0 Å². The van der Waals surface area contributed by atoms with Crippen LogP contribution in [-0.2, 0) is 4.79 Å². The van der Waals surface area contributed by atoms with Crippen molar-refractivity contribution in [2.45, 2.75) is 88.1 Å². The van der Waals surface area contributed by atoms with Crippen molar-refractivity contribution in [3.63, 3.8) is 0 Å². The van der Waals surface area contributed by atoms with Crippen molar-refractivity contribution in [2.24, 2.45) is 0 Å². The van der Waals surface area contributed by atoms with Gasteiger partial charge in [0.2, 0.25) is 11.0 Å². The standard InChI is InChI=1S/C17H30N4OS2/c1-3-4-6-9-13(2)18-15(22)12-23-17-21-20-16(24-17)19-14-10-7-5-8-11-14/h13-14H,3-12H2,1-2H3,(H,18,22)(H,19,20). The zero-order chi connectivity index (χ0) is 17.2. The van der Waals surface area contributed by atoms with E-state index in [1.165, 1.54) is 63.1 Å². The molecule has 0 saturated heterocycles. The second kappa shape index (κ2) is 10.9. The number of nitrogens with zero attached hydrogens (tertiary/aromatic N) is 2. The molecule has 7 heteroatoms. The van der Waals surface area contributed by atoms with Gasteiger partial charge in [0.05, 0.1) is 5.75 Å². The Balaban J connectivity index is 1.65. The maximum atomic E-state index is 12.0. The summed E-state index contributed by atoms with van der Waals surface area (Å²) in [6, 6.07) is 0.791. The van der Waals surface area contributed by atoms with Crippen LogP contribution in [0.4, 0.5) is 5.13 Å². The fraction of sp³-hybridized carbons (Fsp3) is 0.824. The average Bonchev–Trinajstić information content (AvgIpc) is 3.01. The maximum Gasteiger partial charge on any atom is 0.230 e. The van der Waals surface area contributed by atoms with Gasteiger partial charge < -0.3 is 10.6 Å². The van der Waals surface area contributed by atoms with E-state index in [1.54, 1.807) is 11.3 Å². The highest BCUT2D eigenvalue weighted by Crippen LogP contribution is 2.28. The van der Waals surface area contributed by atoms with E-state index in [-0.39, 0.29) is 11.9 Å². The van der Waals surface area contributed by atoms with E-state index in [4.69, 9.17) is 0 Å². The molecule has 1 atom stereocenters. The molecule has 0 aliphatic heterocycles. The van der Waals surface area contributed by atoms with Crippen LogP contribution in [0.15, 0.2) is 4.34 Å². The zero-order valence-electron chi connectivity index (χ0n) is 14.8. The number of hydrogen-bond donors (Lipinski definition) is 2. The number of carbonyl (C=O) groups excluding carboxylic acids is 1. The Morgan fingerprint density at radius 1 is 1.29 bits per heavy atom. The maximum absolute atomic E-state index is 12.0.